The molecule has 0 spiro atoms. The molecule has 0 aliphatic heterocycles. The van der Waals surface area contributed by atoms with Crippen LogP contribution in [0.2, 0.25) is 0 Å². The fourth-order valence-electron chi connectivity index (χ4n) is 3.16. The van der Waals surface area contributed by atoms with Crippen molar-refractivity contribution in [3.63, 3.8) is 0 Å². The number of aromatic nitrogens is 2. The molecular weight excluding hydrogens is 342 g/mol. The highest BCUT2D eigenvalue weighted by molar-refractivity contribution is 7.10. The fraction of sp³-hybridized carbons (Fsp3) is 0.143. The van der Waals surface area contributed by atoms with Crippen molar-refractivity contribution in [3.05, 3.63) is 88.9 Å². The second kappa shape index (κ2) is 7.54. The Hall–Kier alpha value is -2.92. The van der Waals surface area contributed by atoms with Gasteiger partial charge in [-0.1, -0.05) is 48.5 Å². The van der Waals surface area contributed by atoms with Crippen molar-refractivity contribution in [3.8, 4) is 0 Å². The number of amides is 1. The van der Waals surface area contributed by atoms with Crippen molar-refractivity contribution in [2.75, 3.05) is 6.54 Å². The molecule has 2 aromatic heterocycles. The average molecular weight is 361 g/mol. The number of thiophene rings is 1. The third-order valence-corrected chi connectivity index (χ3v) is 5.41. The first-order chi connectivity index (χ1) is 12.8. The van der Waals surface area contributed by atoms with Crippen LogP contribution in [0, 0.1) is 0 Å². The highest BCUT2D eigenvalue weighted by Crippen LogP contribution is 2.22. The second-order valence-electron chi connectivity index (χ2n) is 6.14. The number of benzene rings is 2. The maximum absolute atomic E-state index is 12.6. The molecule has 0 bridgehead atoms. The lowest BCUT2D eigenvalue weighted by molar-refractivity contribution is -0.120. The Labute approximate surface area is 156 Å². The van der Waals surface area contributed by atoms with Gasteiger partial charge in [-0.25, -0.2) is 0 Å². The lowest BCUT2D eigenvalue weighted by Crippen LogP contribution is -2.32. The molecule has 4 rings (SSSR count). The molecule has 2 aromatic carbocycles. The zero-order valence-corrected chi connectivity index (χ0v) is 15.0. The second-order valence-corrected chi connectivity index (χ2v) is 7.12. The molecule has 0 fully saturated rings. The van der Waals surface area contributed by atoms with Crippen molar-refractivity contribution in [2.45, 2.75) is 12.5 Å². The van der Waals surface area contributed by atoms with Crippen LogP contribution < -0.4 is 5.32 Å². The van der Waals surface area contributed by atoms with E-state index in [-0.39, 0.29) is 11.9 Å². The number of carbonyl (C=O) groups excluding carboxylic acids is 1. The van der Waals surface area contributed by atoms with Gasteiger partial charge in [-0.05, 0) is 33.8 Å². The molecule has 0 aliphatic carbocycles. The molecule has 1 atom stereocenters. The van der Waals surface area contributed by atoms with Crippen LogP contribution in [0.1, 0.15) is 16.5 Å². The number of nitrogens with one attached hydrogen (secondary N) is 1. The number of rotatable bonds is 6. The summed E-state index contributed by atoms with van der Waals surface area (Å²) in [6.45, 7) is 0.520. The summed E-state index contributed by atoms with van der Waals surface area (Å²) in [5.41, 5.74) is 1.05. The van der Waals surface area contributed by atoms with E-state index in [1.807, 2.05) is 52.7 Å². The normalized spacial score (nSPS) is 12.2. The predicted octanol–water partition coefficient (Wildman–Crippen LogP) is 4.05. The largest absolute Gasteiger partial charge is 0.353 e. The van der Waals surface area contributed by atoms with Gasteiger partial charge < -0.3 is 5.32 Å². The van der Waals surface area contributed by atoms with Crippen LogP contribution in [0.25, 0.3) is 10.8 Å². The maximum atomic E-state index is 12.6. The summed E-state index contributed by atoms with van der Waals surface area (Å²) >= 11 is 1.67. The molecule has 1 unspecified atom stereocenters. The summed E-state index contributed by atoms with van der Waals surface area (Å²) in [6, 6.07) is 20.3. The molecule has 0 aliphatic rings. The summed E-state index contributed by atoms with van der Waals surface area (Å²) in [6.07, 6.45) is 4.07. The predicted molar refractivity (Wildman–Crippen MR) is 105 cm³/mol. The van der Waals surface area contributed by atoms with E-state index in [1.165, 1.54) is 4.88 Å². The molecule has 0 saturated heterocycles. The Kier molecular flexibility index (Phi) is 4.80. The van der Waals surface area contributed by atoms with Gasteiger partial charge >= 0.3 is 0 Å². The van der Waals surface area contributed by atoms with Crippen molar-refractivity contribution in [1.29, 1.82) is 0 Å². The van der Waals surface area contributed by atoms with E-state index in [4.69, 9.17) is 0 Å². The summed E-state index contributed by atoms with van der Waals surface area (Å²) in [7, 11) is 0. The van der Waals surface area contributed by atoms with E-state index in [0.29, 0.717) is 13.0 Å². The van der Waals surface area contributed by atoms with Crippen LogP contribution in [0.15, 0.2) is 78.4 Å². The number of fused-ring (bicyclic) bond motifs is 1. The fourth-order valence-corrected chi connectivity index (χ4v) is 3.98. The van der Waals surface area contributed by atoms with Crippen LogP contribution in [0.3, 0.4) is 0 Å². The molecule has 0 radical (unpaired) electrons. The molecule has 4 nitrogen and oxygen atoms in total. The summed E-state index contributed by atoms with van der Waals surface area (Å²) in [5.74, 6) is 0.0232. The van der Waals surface area contributed by atoms with Gasteiger partial charge in [0.15, 0.2) is 0 Å². The summed E-state index contributed by atoms with van der Waals surface area (Å²) in [4.78, 5) is 13.7. The van der Waals surface area contributed by atoms with E-state index in [0.717, 1.165) is 16.3 Å². The number of hydrogen-bond donors (Lipinski definition) is 1. The van der Waals surface area contributed by atoms with Gasteiger partial charge in [-0.15, -0.1) is 11.3 Å². The van der Waals surface area contributed by atoms with E-state index < -0.39 is 0 Å². The molecule has 0 saturated carbocycles. The topological polar surface area (TPSA) is 46.9 Å². The van der Waals surface area contributed by atoms with Gasteiger partial charge in [-0.2, -0.15) is 5.10 Å². The first-order valence-corrected chi connectivity index (χ1v) is 9.45. The van der Waals surface area contributed by atoms with Crippen molar-refractivity contribution in [1.82, 2.24) is 15.1 Å². The molecular formula is C21H19N3OS. The van der Waals surface area contributed by atoms with Gasteiger partial charge in [0.25, 0.3) is 0 Å². The summed E-state index contributed by atoms with van der Waals surface area (Å²) in [5, 5.41) is 11.8. The van der Waals surface area contributed by atoms with Gasteiger partial charge in [0.1, 0.15) is 6.04 Å². The zero-order valence-electron chi connectivity index (χ0n) is 14.2. The standard InChI is InChI=1S/C21H19N3OS/c25-21(14-17-8-3-7-16-6-1-2-9-18(16)17)22-15-19(20-10-4-13-26-20)24-12-5-11-23-24/h1-13,19H,14-15H2,(H,22,25). The SMILES string of the molecule is O=C(Cc1cccc2ccccc12)NCC(c1cccs1)n1cccn1. The van der Waals surface area contributed by atoms with Crippen LogP contribution in [0.5, 0.6) is 0 Å². The smallest absolute Gasteiger partial charge is 0.224 e. The molecule has 1 amide bonds. The van der Waals surface area contributed by atoms with Gasteiger partial charge in [0.05, 0.1) is 6.42 Å². The van der Waals surface area contributed by atoms with Crippen LogP contribution in [0.4, 0.5) is 0 Å². The Bertz CT molecular complexity index is 954. The van der Waals surface area contributed by atoms with E-state index in [1.54, 1.807) is 17.5 Å². The minimum atomic E-state index is 0.0152. The molecule has 26 heavy (non-hydrogen) atoms. The molecule has 2 heterocycles. The Balaban J connectivity index is 1.47. The van der Waals surface area contributed by atoms with Gasteiger partial charge in [0.2, 0.25) is 5.91 Å². The first kappa shape index (κ1) is 16.5. The Morgan fingerprint density at radius 2 is 1.96 bits per heavy atom. The number of nitrogens with zero attached hydrogens (tertiary/aromatic N) is 2. The lowest BCUT2D eigenvalue weighted by atomic mass is 10.0. The lowest BCUT2D eigenvalue weighted by Gasteiger charge is -2.17. The average Bonchev–Trinajstić information content (AvgIpc) is 3.37. The third-order valence-electron chi connectivity index (χ3n) is 4.44. The zero-order chi connectivity index (χ0) is 17.8. The molecule has 4 aromatic rings. The van der Waals surface area contributed by atoms with E-state index in [2.05, 4.69) is 34.7 Å². The van der Waals surface area contributed by atoms with Crippen LogP contribution >= 0.6 is 11.3 Å². The first-order valence-electron chi connectivity index (χ1n) is 8.57. The molecule has 130 valence electrons. The minimum Gasteiger partial charge on any atom is -0.353 e. The van der Waals surface area contributed by atoms with Crippen molar-refractivity contribution < 1.29 is 4.79 Å². The maximum Gasteiger partial charge on any atom is 0.224 e. The number of carbonyl (C=O) groups is 1. The van der Waals surface area contributed by atoms with Crippen LogP contribution in [-0.4, -0.2) is 22.2 Å². The quantitative estimate of drug-likeness (QED) is 0.563. The van der Waals surface area contributed by atoms with Crippen LogP contribution in [-0.2, 0) is 11.2 Å². The van der Waals surface area contributed by atoms with Gasteiger partial charge in [-0.3, -0.25) is 9.48 Å². The van der Waals surface area contributed by atoms with Crippen molar-refractivity contribution >= 4 is 28.0 Å². The van der Waals surface area contributed by atoms with E-state index in [9.17, 15) is 4.79 Å². The Morgan fingerprint density at radius 3 is 2.77 bits per heavy atom. The molecule has 1 N–H and O–H groups in total. The van der Waals surface area contributed by atoms with Crippen molar-refractivity contribution in [2.24, 2.45) is 0 Å². The third kappa shape index (κ3) is 3.53. The highest BCUT2D eigenvalue weighted by Gasteiger charge is 2.16. The number of hydrogen-bond acceptors (Lipinski definition) is 3. The molecule has 5 heteroatoms. The monoisotopic (exact) mass is 361 g/mol. The van der Waals surface area contributed by atoms with Gasteiger partial charge in [0, 0.05) is 23.8 Å². The highest BCUT2D eigenvalue weighted by atomic mass is 32.1. The minimum absolute atomic E-state index is 0.0152. The Morgan fingerprint density at radius 1 is 1.08 bits per heavy atom. The summed E-state index contributed by atoms with van der Waals surface area (Å²) < 4.78 is 1.89. The van der Waals surface area contributed by atoms with E-state index >= 15 is 0 Å².